The third-order valence-electron chi connectivity index (χ3n) is 4.33. The number of hydrogen-bond donors (Lipinski definition) is 1. The second kappa shape index (κ2) is 10.5. The average molecular weight is 485 g/mol. The van der Waals surface area contributed by atoms with Gasteiger partial charge in [0, 0.05) is 38.9 Å². The van der Waals surface area contributed by atoms with Crippen LogP contribution in [0, 0.1) is 0 Å². The van der Waals surface area contributed by atoms with Crippen molar-refractivity contribution in [3.05, 3.63) is 47.8 Å². The van der Waals surface area contributed by atoms with E-state index in [1.165, 1.54) is 0 Å². The monoisotopic (exact) mass is 485 g/mol. The molecule has 0 bridgehead atoms. The number of aryl methyl sites for hydroxylation is 1. The fraction of sp³-hybridized carbons (Fsp3) is 0.474. The molecule has 1 saturated heterocycles. The van der Waals surface area contributed by atoms with E-state index in [1.54, 1.807) is 4.68 Å². The number of benzene rings is 1. The van der Waals surface area contributed by atoms with Gasteiger partial charge in [-0.2, -0.15) is 5.10 Å². The van der Waals surface area contributed by atoms with E-state index in [2.05, 4.69) is 32.4 Å². The normalized spacial score (nSPS) is 17.4. The van der Waals surface area contributed by atoms with Crippen molar-refractivity contribution in [2.24, 2.45) is 12.0 Å². The van der Waals surface area contributed by atoms with Crippen molar-refractivity contribution < 1.29 is 9.47 Å². The van der Waals surface area contributed by atoms with E-state index < -0.39 is 0 Å². The molecule has 0 amide bonds. The van der Waals surface area contributed by atoms with Gasteiger partial charge in [-0.25, -0.2) is 0 Å². The number of nitrogens with one attached hydrogen (secondary N) is 1. The molecule has 7 nitrogen and oxygen atoms in total. The predicted octanol–water partition coefficient (Wildman–Crippen LogP) is 2.59. The minimum atomic E-state index is 0. The first-order chi connectivity index (χ1) is 12.7. The molecule has 2 heterocycles. The molecule has 8 heteroatoms. The van der Waals surface area contributed by atoms with Crippen molar-refractivity contribution in [2.45, 2.75) is 19.6 Å². The van der Waals surface area contributed by atoms with E-state index in [0.717, 1.165) is 35.9 Å². The maximum atomic E-state index is 5.91. The van der Waals surface area contributed by atoms with Crippen molar-refractivity contribution in [3.63, 3.8) is 0 Å². The summed E-state index contributed by atoms with van der Waals surface area (Å²) >= 11 is 0. The lowest BCUT2D eigenvalue weighted by Crippen LogP contribution is -2.47. The lowest BCUT2D eigenvalue weighted by atomic mass is 10.1. The maximum absolute atomic E-state index is 5.91. The highest BCUT2D eigenvalue weighted by Crippen LogP contribution is 2.21. The number of hydrogen-bond acceptors (Lipinski definition) is 4. The van der Waals surface area contributed by atoms with E-state index in [0.29, 0.717) is 19.8 Å². The minimum Gasteiger partial charge on any atom is -0.494 e. The molecule has 0 saturated carbocycles. The number of ether oxygens (including phenoxy) is 2. The highest BCUT2D eigenvalue weighted by atomic mass is 127. The van der Waals surface area contributed by atoms with Crippen LogP contribution in [0.3, 0.4) is 0 Å². The Morgan fingerprint density at radius 1 is 1.44 bits per heavy atom. The zero-order valence-corrected chi connectivity index (χ0v) is 18.4. The Labute approximate surface area is 177 Å². The predicted molar refractivity (Wildman–Crippen MR) is 117 cm³/mol. The standard InChI is InChI=1S/C19H27N5O2.HI/c1-4-25-17-7-5-6-15(10-17)11-21-19(20-2)24-8-9-26-18(14-24)16-12-22-23(3)13-16;/h5-7,10,12-13,18H,4,8-9,11,14H2,1-3H3,(H,20,21);1H. The summed E-state index contributed by atoms with van der Waals surface area (Å²) in [6.45, 7) is 5.59. The molecule has 1 fully saturated rings. The van der Waals surface area contributed by atoms with Crippen molar-refractivity contribution in [3.8, 4) is 5.75 Å². The molecule has 2 aromatic rings. The zero-order valence-electron chi connectivity index (χ0n) is 16.1. The number of morpholine rings is 1. The van der Waals surface area contributed by atoms with Gasteiger partial charge in [-0.3, -0.25) is 9.67 Å². The molecule has 1 aliphatic heterocycles. The summed E-state index contributed by atoms with van der Waals surface area (Å²) in [6, 6.07) is 8.13. The SMILES string of the molecule is CCOc1cccc(CNC(=NC)N2CCOC(c3cnn(C)c3)C2)c1.I. The summed E-state index contributed by atoms with van der Waals surface area (Å²) in [5, 5.41) is 7.69. The van der Waals surface area contributed by atoms with Crippen LogP contribution in [0.4, 0.5) is 0 Å². The Bertz CT molecular complexity index is 749. The van der Waals surface area contributed by atoms with Gasteiger partial charge in [0.05, 0.1) is 26.0 Å². The number of rotatable bonds is 5. The maximum Gasteiger partial charge on any atom is 0.194 e. The summed E-state index contributed by atoms with van der Waals surface area (Å²) in [4.78, 5) is 6.67. The third kappa shape index (κ3) is 5.83. The van der Waals surface area contributed by atoms with E-state index in [9.17, 15) is 0 Å². The van der Waals surface area contributed by atoms with Gasteiger partial charge in [-0.1, -0.05) is 12.1 Å². The summed E-state index contributed by atoms with van der Waals surface area (Å²) < 4.78 is 13.3. The molecule has 1 unspecified atom stereocenters. The Balaban J connectivity index is 0.00000261. The Morgan fingerprint density at radius 2 is 2.30 bits per heavy atom. The molecule has 1 atom stereocenters. The second-order valence-electron chi connectivity index (χ2n) is 6.23. The molecule has 1 aromatic heterocycles. The molecule has 0 radical (unpaired) electrons. The first-order valence-corrected chi connectivity index (χ1v) is 8.97. The molecular formula is C19H28IN5O2. The minimum absolute atomic E-state index is 0. The van der Waals surface area contributed by atoms with Crippen LogP contribution in [0.1, 0.15) is 24.2 Å². The number of guanidine groups is 1. The first kappa shape index (κ1) is 21.5. The fourth-order valence-corrected chi connectivity index (χ4v) is 3.08. The van der Waals surface area contributed by atoms with Crippen molar-refractivity contribution >= 4 is 29.9 Å². The van der Waals surface area contributed by atoms with Crippen LogP contribution >= 0.6 is 24.0 Å². The molecule has 0 aliphatic carbocycles. The molecule has 3 rings (SSSR count). The van der Waals surface area contributed by atoms with Gasteiger partial charge in [0.25, 0.3) is 0 Å². The number of halogens is 1. The fourth-order valence-electron chi connectivity index (χ4n) is 3.08. The van der Waals surface area contributed by atoms with Gasteiger partial charge in [-0.05, 0) is 24.6 Å². The van der Waals surface area contributed by atoms with Crippen LogP contribution in [-0.2, 0) is 18.3 Å². The van der Waals surface area contributed by atoms with Gasteiger partial charge in [0.15, 0.2) is 5.96 Å². The van der Waals surface area contributed by atoms with E-state index in [-0.39, 0.29) is 30.1 Å². The Kier molecular flexibility index (Phi) is 8.36. The molecule has 1 N–H and O–H groups in total. The van der Waals surface area contributed by atoms with Gasteiger partial charge >= 0.3 is 0 Å². The highest BCUT2D eigenvalue weighted by molar-refractivity contribution is 14.0. The van der Waals surface area contributed by atoms with Crippen molar-refractivity contribution in [2.75, 3.05) is 33.4 Å². The summed E-state index contributed by atoms with van der Waals surface area (Å²) in [5.41, 5.74) is 2.26. The van der Waals surface area contributed by atoms with Crippen molar-refractivity contribution in [1.82, 2.24) is 20.0 Å². The van der Waals surface area contributed by atoms with Crippen LogP contribution < -0.4 is 10.1 Å². The number of nitrogens with zero attached hydrogens (tertiary/aromatic N) is 4. The molecule has 1 aromatic carbocycles. The zero-order chi connectivity index (χ0) is 18.4. The summed E-state index contributed by atoms with van der Waals surface area (Å²) in [6.07, 6.45) is 3.88. The van der Waals surface area contributed by atoms with Crippen LogP contribution in [0.2, 0.25) is 0 Å². The van der Waals surface area contributed by atoms with Crippen LogP contribution in [0.25, 0.3) is 0 Å². The van der Waals surface area contributed by atoms with Gasteiger partial charge in [0.1, 0.15) is 11.9 Å². The smallest absolute Gasteiger partial charge is 0.194 e. The van der Waals surface area contributed by atoms with E-state index >= 15 is 0 Å². The van der Waals surface area contributed by atoms with Crippen LogP contribution in [0.15, 0.2) is 41.7 Å². The molecular weight excluding hydrogens is 457 g/mol. The Morgan fingerprint density at radius 3 is 3.00 bits per heavy atom. The van der Waals surface area contributed by atoms with Gasteiger partial charge < -0.3 is 19.7 Å². The molecule has 27 heavy (non-hydrogen) atoms. The van der Waals surface area contributed by atoms with Crippen LogP contribution in [0.5, 0.6) is 5.75 Å². The summed E-state index contributed by atoms with van der Waals surface area (Å²) in [5.74, 6) is 1.77. The summed E-state index contributed by atoms with van der Waals surface area (Å²) in [7, 11) is 3.73. The molecule has 0 spiro atoms. The van der Waals surface area contributed by atoms with Gasteiger partial charge in [-0.15, -0.1) is 24.0 Å². The topological polar surface area (TPSA) is 63.9 Å². The lowest BCUT2D eigenvalue weighted by Gasteiger charge is -2.34. The molecule has 148 valence electrons. The quantitative estimate of drug-likeness (QED) is 0.401. The van der Waals surface area contributed by atoms with Crippen molar-refractivity contribution in [1.29, 1.82) is 0 Å². The first-order valence-electron chi connectivity index (χ1n) is 8.97. The van der Waals surface area contributed by atoms with Gasteiger partial charge in [0.2, 0.25) is 0 Å². The number of aromatic nitrogens is 2. The third-order valence-corrected chi connectivity index (χ3v) is 4.33. The highest BCUT2D eigenvalue weighted by Gasteiger charge is 2.25. The Hall–Kier alpha value is -1.81. The average Bonchev–Trinajstić information content (AvgIpc) is 3.10. The molecule has 1 aliphatic rings. The second-order valence-corrected chi connectivity index (χ2v) is 6.23. The van der Waals surface area contributed by atoms with E-state index in [4.69, 9.17) is 9.47 Å². The van der Waals surface area contributed by atoms with E-state index in [1.807, 2.05) is 45.5 Å². The lowest BCUT2D eigenvalue weighted by molar-refractivity contribution is -0.00805. The largest absolute Gasteiger partial charge is 0.494 e. The van der Waals surface area contributed by atoms with Crippen LogP contribution in [-0.4, -0.2) is 54.0 Å². The number of aliphatic imine (C=N–C) groups is 1.